The van der Waals surface area contributed by atoms with E-state index >= 15 is 0 Å². The fourth-order valence-corrected chi connectivity index (χ4v) is 6.99. The van der Waals surface area contributed by atoms with Crippen LogP contribution in [0.5, 0.6) is 5.88 Å². The van der Waals surface area contributed by atoms with Crippen LogP contribution < -0.4 is 15.0 Å². The molecular weight excluding hydrogens is 661 g/mol. The molecule has 0 saturated carbocycles. The molecule has 3 aromatic carbocycles. The molecule has 1 aliphatic rings. The molecule has 3 heterocycles. The lowest BCUT2D eigenvalue weighted by Gasteiger charge is -2.31. The minimum Gasteiger partial charge on any atom is -0.451 e. The number of benzene rings is 3. The van der Waals surface area contributed by atoms with Gasteiger partial charge in [0.2, 0.25) is 5.91 Å². The summed E-state index contributed by atoms with van der Waals surface area (Å²) in [6.07, 6.45) is -4.36. The maximum Gasteiger partial charge on any atom is 0.416 e. The molecule has 5 aromatic rings. The van der Waals surface area contributed by atoms with Crippen LogP contribution in [0, 0.1) is 5.21 Å². The van der Waals surface area contributed by atoms with E-state index in [-0.39, 0.29) is 32.3 Å². The highest BCUT2D eigenvalue weighted by Crippen LogP contribution is 2.33. The number of amides is 1. The van der Waals surface area contributed by atoms with E-state index in [0.29, 0.717) is 42.7 Å². The number of hydrogen-bond acceptors (Lipinski definition) is 11. The molecule has 2 aromatic heterocycles. The summed E-state index contributed by atoms with van der Waals surface area (Å²) in [4.78, 5) is 23.4. The predicted molar refractivity (Wildman–Crippen MR) is 163 cm³/mol. The molecular formula is C30H25F3N6O6S2. The number of halogens is 3. The zero-order chi connectivity index (χ0) is 33.2. The summed E-state index contributed by atoms with van der Waals surface area (Å²) in [7, 11) is -4.27. The van der Waals surface area contributed by atoms with Gasteiger partial charge >= 0.3 is 17.1 Å². The number of ether oxygens (including phenoxy) is 1. The fourth-order valence-electron chi connectivity index (χ4n) is 4.95. The van der Waals surface area contributed by atoms with Crippen LogP contribution in [0.25, 0.3) is 10.9 Å². The zero-order valence-corrected chi connectivity index (χ0v) is 25.9. The van der Waals surface area contributed by atoms with E-state index in [4.69, 9.17) is 4.74 Å². The number of alkyl halides is 3. The highest BCUT2D eigenvalue weighted by Gasteiger charge is 2.38. The number of nitrogens with one attached hydrogen (secondary N) is 1. The van der Waals surface area contributed by atoms with Crippen molar-refractivity contribution < 1.29 is 40.7 Å². The number of sulfone groups is 1. The highest BCUT2D eigenvalue weighted by molar-refractivity contribution is 7.99. The maximum absolute atomic E-state index is 13.3. The van der Waals surface area contributed by atoms with Crippen LogP contribution in [0.2, 0.25) is 0 Å². The third kappa shape index (κ3) is 7.10. The maximum atomic E-state index is 13.3. The largest absolute Gasteiger partial charge is 0.451 e. The van der Waals surface area contributed by atoms with Crippen LogP contribution in [0.1, 0.15) is 18.4 Å². The highest BCUT2D eigenvalue weighted by atomic mass is 32.2. The molecule has 1 fully saturated rings. The second kappa shape index (κ2) is 13.1. The Bertz CT molecular complexity index is 2020. The molecule has 1 N–H and O–H groups in total. The number of piperidine rings is 1. The normalized spacial score (nSPS) is 14.3. The summed E-state index contributed by atoms with van der Waals surface area (Å²) in [5.41, 5.74) is -0.0602. The Labute approximate surface area is 270 Å². The summed E-state index contributed by atoms with van der Waals surface area (Å²) in [5.74, 6) is -0.370. The van der Waals surface area contributed by atoms with E-state index in [2.05, 4.69) is 25.1 Å². The van der Waals surface area contributed by atoms with E-state index in [9.17, 15) is 31.6 Å². The van der Waals surface area contributed by atoms with Crippen molar-refractivity contribution in [2.75, 3.05) is 24.2 Å². The van der Waals surface area contributed by atoms with Crippen molar-refractivity contribution in [2.24, 2.45) is 0 Å². The van der Waals surface area contributed by atoms with Crippen molar-refractivity contribution in [2.45, 2.75) is 40.2 Å². The van der Waals surface area contributed by atoms with E-state index in [1.807, 2.05) is 0 Å². The Kier molecular flexibility index (Phi) is 8.92. The second-order valence-electron chi connectivity index (χ2n) is 10.4. The minimum absolute atomic E-state index is 0.00814. The fraction of sp³-hybridized carbons (Fsp3) is 0.233. The van der Waals surface area contributed by atoms with Gasteiger partial charge in [0.1, 0.15) is 11.9 Å². The number of likely N-dealkylation sites (tertiary alicyclic amines) is 1. The number of carbonyl (C=O) groups is 1. The second-order valence-corrected chi connectivity index (χ2v) is 13.2. The Balaban J connectivity index is 1.09. The summed E-state index contributed by atoms with van der Waals surface area (Å²) in [6.45, 7) is 0.585. The molecule has 1 saturated heterocycles. The first-order chi connectivity index (χ1) is 22.5. The summed E-state index contributed by atoms with van der Waals surface area (Å²) in [5, 5.41) is 18.7. The first-order valence-electron chi connectivity index (χ1n) is 14.2. The number of fused-ring (bicyclic) bond motifs is 1. The summed E-state index contributed by atoms with van der Waals surface area (Å²) >= 11 is 1.09. The topological polar surface area (TPSA) is 154 Å². The van der Waals surface area contributed by atoms with Gasteiger partial charge in [-0.3, -0.25) is 9.42 Å². The number of thioether (sulfide) groups is 1. The quantitative estimate of drug-likeness (QED) is 0.126. The first kappa shape index (κ1) is 32.1. The number of hydrogen-bond donors (Lipinski definition) is 1. The third-order valence-corrected chi connectivity index (χ3v) is 9.85. The SMILES string of the molecule is O=C(CSc1nc(Nc2cccc(C(F)(F)F)c2)c2ccccc2n1)N1CCC(Oc2no[n+]([O-])c2S(=O)(=O)c2ccccc2)CC1. The van der Waals surface area contributed by atoms with E-state index in [1.54, 1.807) is 35.2 Å². The molecule has 0 radical (unpaired) electrons. The Morgan fingerprint density at radius 1 is 1.04 bits per heavy atom. The average Bonchev–Trinajstić information content (AvgIpc) is 3.44. The van der Waals surface area contributed by atoms with Crippen LogP contribution in [0.15, 0.2) is 98.6 Å². The molecule has 244 valence electrons. The number of carbonyl (C=O) groups excluding carboxylic acids is 1. The Hall–Kier alpha value is -4.90. The van der Waals surface area contributed by atoms with Gasteiger partial charge in [0.15, 0.2) is 5.16 Å². The number of anilines is 2. The van der Waals surface area contributed by atoms with Crippen LogP contribution in [-0.2, 0) is 20.8 Å². The van der Waals surface area contributed by atoms with Crippen molar-refractivity contribution in [3.8, 4) is 5.88 Å². The average molecular weight is 687 g/mol. The third-order valence-electron chi connectivity index (χ3n) is 7.29. The lowest BCUT2D eigenvalue weighted by atomic mass is 10.1. The molecule has 0 aliphatic carbocycles. The lowest BCUT2D eigenvalue weighted by molar-refractivity contribution is -0.832. The molecule has 0 atom stereocenters. The minimum atomic E-state index is -4.50. The molecule has 0 unspecified atom stereocenters. The standard InChI is InChI=1S/C30H25F3N6O6S2/c31-30(32,33)19-7-6-8-20(17-19)34-26-23-11-4-5-12-24(23)35-29(36-26)46-18-25(40)38-15-13-21(14-16-38)44-27-28(39(41)45-37-27)47(42,43)22-9-2-1-3-10-22/h1-12,17,21H,13-16,18H2,(H,34,35,36). The predicted octanol–water partition coefficient (Wildman–Crippen LogP) is 5.01. The summed E-state index contributed by atoms with van der Waals surface area (Å²) in [6, 6.07) is 19.1. The number of rotatable bonds is 9. The number of nitrogens with zero attached hydrogens (tertiary/aromatic N) is 5. The number of aromatic nitrogens is 4. The van der Waals surface area contributed by atoms with Gasteiger partial charge in [-0.2, -0.15) is 13.2 Å². The van der Waals surface area contributed by atoms with Crippen molar-refractivity contribution in [3.63, 3.8) is 0 Å². The van der Waals surface area contributed by atoms with Gasteiger partial charge in [0.05, 0.1) is 26.9 Å². The van der Waals surface area contributed by atoms with E-state index in [0.717, 1.165) is 23.9 Å². The van der Waals surface area contributed by atoms with Crippen molar-refractivity contribution in [1.82, 2.24) is 20.0 Å². The van der Waals surface area contributed by atoms with Crippen LogP contribution >= 0.6 is 11.8 Å². The molecule has 12 nitrogen and oxygen atoms in total. The zero-order valence-electron chi connectivity index (χ0n) is 24.3. The number of para-hydroxylation sites is 1. The molecule has 17 heteroatoms. The first-order valence-corrected chi connectivity index (χ1v) is 16.6. The lowest BCUT2D eigenvalue weighted by Crippen LogP contribution is -2.42. The van der Waals surface area contributed by atoms with Gasteiger partial charge in [-0.1, -0.05) is 48.2 Å². The smallest absolute Gasteiger partial charge is 0.416 e. The van der Waals surface area contributed by atoms with E-state index in [1.165, 1.54) is 36.4 Å². The molecule has 0 spiro atoms. The van der Waals surface area contributed by atoms with Gasteiger partial charge < -0.3 is 20.2 Å². The van der Waals surface area contributed by atoms with Gasteiger partial charge in [0.25, 0.3) is 9.84 Å². The summed E-state index contributed by atoms with van der Waals surface area (Å²) < 4.78 is 76.1. The van der Waals surface area contributed by atoms with Crippen LogP contribution in [0.4, 0.5) is 24.7 Å². The van der Waals surface area contributed by atoms with Crippen molar-refractivity contribution in [3.05, 3.63) is 89.6 Å². The van der Waals surface area contributed by atoms with E-state index < -0.39 is 38.6 Å². The molecule has 47 heavy (non-hydrogen) atoms. The van der Waals surface area contributed by atoms with Crippen LogP contribution in [-0.4, -0.2) is 59.3 Å². The van der Waals surface area contributed by atoms with Gasteiger partial charge in [0, 0.05) is 37.0 Å². The molecule has 1 amide bonds. The van der Waals surface area contributed by atoms with Crippen molar-refractivity contribution in [1.29, 1.82) is 0 Å². The molecule has 6 rings (SSSR count). The van der Waals surface area contributed by atoms with Crippen LogP contribution in [0.3, 0.4) is 0 Å². The van der Waals surface area contributed by atoms with Gasteiger partial charge in [-0.15, -0.1) is 0 Å². The van der Waals surface area contributed by atoms with Gasteiger partial charge in [-0.25, -0.2) is 18.4 Å². The van der Waals surface area contributed by atoms with Gasteiger partial charge in [-0.05, 0) is 47.4 Å². The Morgan fingerprint density at radius 2 is 1.77 bits per heavy atom. The molecule has 1 aliphatic heterocycles. The Morgan fingerprint density at radius 3 is 2.51 bits per heavy atom. The van der Waals surface area contributed by atoms with Crippen molar-refractivity contribution >= 4 is 49.9 Å². The molecule has 0 bridgehead atoms. The monoisotopic (exact) mass is 686 g/mol.